The summed E-state index contributed by atoms with van der Waals surface area (Å²) >= 11 is 12.2. The van der Waals surface area contributed by atoms with Gasteiger partial charge in [-0.3, -0.25) is 0 Å². The lowest BCUT2D eigenvalue weighted by molar-refractivity contribution is 0.0914. The number of benzene rings is 1. The molecule has 2 rings (SSSR count). The van der Waals surface area contributed by atoms with Crippen LogP contribution in [0.5, 0.6) is 0 Å². The van der Waals surface area contributed by atoms with Crippen molar-refractivity contribution >= 4 is 23.2 Å². The van der Waals surface area contributed by atoms with E-state index >= 15 is 0 Å². The quantitative estimate of drug-likeness (QED) is 0.773. The van der Waals surface area contributed by atoms with Gasteiger partial charge in [-0.05, 0) is 24.8 Å². The minimum absolute atomic E-state index is 0.321. The molecule has 0 saturated heterocycles. The zero-order valence-electron chi connectivity index (χ0n) is 10.5. The molecular weight excluding hydrogens is 267 g/mol. The van der Waals surface area contributed by atoms with Crippen molar-refractivity contribution in [1.29, 1.82) is 0 Å². The van der Waals surface area contributed by atoms with E-state index in [0.717, 1.165) is 18.4 Å². The van der Waals surface area contributed by atoms with E-state index in [-0.39, 0.29) is 0 Å². The molecule has 0 amide bonds. The van der Waals surface area contributed by atoms with Gasteiger partial charge in [0.15, 0.2) is 0 Å². The van der Waals surface area contributed by atoms with Gasteiger partial charge < -0.3 is 5.11 Å². The van der Waals surface area contributed by atoms with E-state index in [1.807, 2.05) is 12.1 Å². The van der Waals surface area contributed by atoms with Crippen LogP contribution in [-0.4, -0.2) is 5.11 Å². The monoisotopic (exact) mass is 286 g/mol. The molecule has 1 saturated carbocycles. The third kappa shape index (κ3) is 3.40. The first-order valence-electron chi connectivity index (χ1n) is 6.82. The van der Waals surface area contributed by atoms with Crippen LogP contribution in [0, 0.1) is 5.92 Å². The van der Waals surface area contributed by atoms with Gasteiger partial charge in [0.2, 0.25) is 0 Å². The number of hydrogen-bond acceptors (Lipinski definition) is 1. The third-order valence-electron chi connectivity index (χ3n) is 3.90. The first-order valence-corrected chi connectivity index (χ1v) is 7.57. The van der Waals surface area contributed by atoms with Crippen LogP contribution < -0.4 is 0 Å². The van der Waals surface area contributed by atoms with E-state index in [1.54, 1.807) is 6.07 Å². The first-order chi connectivity index (χ1) is 8.70. The van der Waals surface area contributed by atoms with Crippen molar-refractivity contribution in [1.82, 2.24) is 0 Å². The highest BCUT2D eigenvalue weighted by Gasteiger charge is 2.23. The smallest absolute Gasteiger partial charge is 0.0833 e. The van der Waals surface area contributed by atoms with Crippen LogP contribution in [0.2, 0.25) is 10.0 Å². The molecule has 0 spiro atoms. The van der Waals surface area contributed by atoms with Crippen LogP contribution in [0.4, 0.5) is 0 Å². The molecule has 1 N–H and O–H groups in total. The van der Waals surface area contributed by atoms with Crippen LogP contribution >= 0.6 is 23.2 Å². The minimum atomic E-state index is -0.478. The second-order valence-electron chi connectivity index (χ2n) is 5.19. The first kappa shape index (κ1) is 14.2. The molecule has 1 unspecified atom stereocenters. The van der Waals surface area contributed by atoms with Crippen LogP contribution in [0.3, 0.4) is 0 Å². The Morgan fingerprint density at radius 1 is 1.00 bits per heavy atom. The number of aliphatic hydroxyl groups is 1. The number of rotatable bonds is 2. The van der Waals surface area contributed by atoms with E-state index in [0.29, 0.717) is 16.0 Å². The van der Waals surface area contributed by atoms with Crippen molar-refractivity contribution in [2.45, 2.75) is 51.0 Å². The highest BCUT2D eigenvalue weighted by molar-refractivity contribution is 6.42. The minimum Gasteiger partial charge on any atom is -0.388 e. The molecule has 3 heteroatoms. The van der Waals surface area contributed by atoms with E-state index in [2.05, 4.69) is 0 Å². The summed E-state index contributed by atoms with van der Waals surface area (Å²) in [6.07, 6.45) is 8.02. The van der Waals surface area contributed by atoms with Gasteiger partial charge in [-0.25, -0.2) is 0 Å². The molecule has 1 aromatic rings. The summed E-state index contributed by atoms with van der Waals surface area (Å²) in [4.78, 5) is 0. The van der Waals surface area contributed by atoms with Gasteiger partial charge in [-0.2, -0.15) is 0 Å². The second kappa shape index (κ2) is 6.79. The second-order valence-corrected chi connectivity index (χ2v) is 5.98. The molecule has 0 aromatic heterocycles. The molecule has 1 aliphatic carbocycles. The van der Waals surface area contributed by atoms with Crippen molar-refractivity contribution in [3.8, 4) is 0 Å². The van der Waals surface area contributed by atoms with Crippen molar-refractivity contribution < 1.29 is 5.11 Å². The molecule has 18 heavy (non-hydrogen) atoms. The molecule has 1 aromatic carbocycles. The predicted molar refractivity (Wildman–Crippen MR) is 77.2 cm³/mol. The number of aliphatic hydroxyl groups excluding tert-OH is 1. The zero-order chi connectivity index (χ0) is 13.0. The fourth-order valence-electron chi connectivity index (χ4n) is 2.81. The lowest BCUT2D eigenvalue weighted by atomic mass is 9.84. The van der Waals surface area contributed by atoms with E-state index in [4.69, 9.17) is 23.2 Å². The highest BCUT2D eigenvalue weighted by Crippen LogP contribution is 2.37. The largest absolute Gasteiger partial charge is 0.388 e. The Bertz CT molecular complexity index is 384. The maximum atomic E-state index is 10.5. The lowest BCUT2D eigenvalue weighted by Gasteiger charge is -2.26. The van der Waals surface area contributed by atoms with E-state index < -0.39 is 6.10 Å². The Kier molecular flexibility index (Phi) is 5.35. The fourth-order valence-corrected chi connectivity index (χ4v) is 3.23. The average Bonchev–Trinajstić information content (AvgIpc) is 2.31. The Balaban J connectivity index is 2.13. The van der Waals surface area contributed by atoms with Gasteiger partial charge in [0.1, 0.15) is 0 Å². The predicted octanol–water partition coefficient (Wildman–Crippen LogP) is 5.39. The fraction of sp³-hybridized carbons (Fsp3) is 0.600. The van der Waals surface area contributed by atoms with Gasteiger partial charge >= 0.3 is 0 Å². The Morgan fingerprint density at radius 3 is 2.28 bits per heavy atom. The third-order valence-corrected chi connectivity index (χ3v) is 4.73. The standard InChI is InChI=1S/C15H20Cl2O/c16-13-10-6-9-12(14(13)17)15(18)11-7-4-2-1-3-5-8-11/h6,9-11,15,18H,1-5,7-8H2. The number of halogens is 2. The van der Waals surface area contributed by atoms with Crippen LogP contribution in [0.1, 0.15) is 56.6 Å². The summed E-state index contributed by atoms with van der Waals surface area (Å²) in [6, 6.07) is 5.51. The summed E-state index contributed by atoms with van der Waals surface area (Å²) < 4.78 is 0. The Morgan fingerprint density at radius 2 is 1.61 bits per heavy atom. The number of hydrogen-bond donors (Lipinski definition) is 1. The highest BCUT2D eigenvalue weighted by atomic mass is 35.5. The molecular formula is C15H20Cl2O. The molecule has 0 heterocycles. The molecule has 1 aliphatic rings. The van der Waals surface area contributed by atoms with Gasteiger partial charge in [-0.15, -0.1) is 0 Å². The summed E-state index contributed by atoms with van der Waals surface area (Å²) in [5.41, 5.74) is 0.787. The normalized spacial score (nSPS) is 20.2. The molecule has 0 aliphatic heterocycles. The summed E-state index contributed by atoms with van der Waals surface area (Å²) in [5.74, 6) is 0.321. The lowest BCUT2D eigenvalue weighted by Crippen LogP contribution is -2.14. The van der Waals surface area contributed by atoms with Crippen LogP contribution in [0.15, 0.2) is 18.2 Å². The topological polar surface area (TPSA) is 20.2 Å². The maximum Gasteiger partial charge on any atom is 0.0833 e. The van der Waals surface area contributed by atoms with Gasteiger partial charge in [-0.1, -0.05) is 67.4 Å². The summed E-state index contributed by atoms with van der Waals surface area (Å²) in [6.45, 7) is 0. The molecule has 0 radical (unpaired) electrons. The Labute approximate surface area is 119 Å². The van der Waals surface area contributed by atoms with Gasteiger partial charge in [0.05, 0.1) is 16.1 Å². The van der Waals surface area contributed by atoms with Crippen molar-refractivity contribution in [2.24, 2.45) is 5.92 Å². The molecule has 1 fully saturated rings. The SMILES string of the molecule is OC(c1cccc(Cl)c1Cl)C1CCCCCCC1. The Hall–Kier alpha value is -0.240. The van der Waals surface area contributed by atoms with Crippen LogP contribution in [-0.2, 0) is 0 Å². The van der Waals surface area contributed by atoms with Crippen molar-refractivity contribution in [2.75, 3.05) is 0 Å². The van der Waals surface area contributed by atoms with Crippen molar-refractivity contribution in [3.63, 3.8) is 0 Å². The van der Waals surface area contributed by atoms with Gasteiger partial charge in [0, 0.05) is 5.56 Å². The molecule has 1 nitrogen and oxygen atoms in total. The molecule has 100 valence electrons. The van der Waals surface area contributed by atoms with E-state index in [1.165, 1.54) is 32.1 Å². The maximum absolute atomic E-state index is 10.5. The van der Waals surface area contributed by atoms with Crippen molar-refractivity contribution in [3.05, 3.63) is 33.8 Å². The van der Waals surface area contributed by atoms with Crippen LogP contribution in [0.25, 0.3) is 0 Å². The van der Waals surface area contributed by atoms with Gasteiger partial charge in [0.25, 0.3) is 0 Å². The summed E-state index contributed by atoms with van der Waals surface area (Å²) in [7, 11) is 0. The average molecular weight is 287 g/mol. The molecule has 0 bridgehead atoms. The van der Waals surface area contributed by atoms with E-state index in [9.17, 15) is 5.11 Å². The summed E-state index contributed by atoms with van der Waals surface area (Å²) in [5, 5.41) is 11.6. The zero-order valence-corrected chi connectivity index (χ0v) is 12.1. The molecule has 1 atom stereocenters.